The molecule has 0 spiro atoms. The first kappa shape index (κ1) is 21.0. The van der Waals surface area contributed by atoms with Crippen LogP contribution >= 0.6 is 0 Å². The van der Waals surface area contributed by atoms with Gasteiger partial charge in [-0.1, -0.05) is 66.6 Å². The Morgan fingerprint density at radius 1 is 0.781 bits per heavy atom. The normalized spacial score (nSPS) is 10.2. The molecule has 0 aliphatic rings. The number of nitrogens with zero attached hydrogens (tertiary/aromatic N) is 1. The van der Waals surface area contributed by atoms with Gasteiger partial charge in [0.05, 0.1) is 7.11 Å². The van der Waals surface area contributed by atoms with Crippen molar-refractivity contribution in [3.05, 3.63) is 108 Å². The van der Waals surface area contributed by atoms with Crippen molar-refractivity contribution < 1.29 is 14.2 Å². The van der Waals surface area contributed by atoms with E-state index in [0.717, 1.165) is 27.8 Å². The maximum Gasteiger partial charge on any atom is 0.225 e. The van der Waals surface area contributed by atoms with Crippen molar-refractivity contribution >= 4 is 0 Å². The second-order valence-electron chi connectivity index (χ2n) is 7.15. The van der Waals surface area contributed by atoms with Crippen LogP contribution in [0.1, 0.15) is 16.7 Å². The van der Waals surface area contributed by atoms with Gasteiger partial charge >= 0.3 is 0 Å². The largest absolute Gasteiger partial charge is 0.497 e. The van der Waals surface area contributed by atoms with Crippen molar-refractivity contribution in [3.8, 4) is 41.0 Å². The number of pyridine rings is 1. The van der Waals surface area contributed by atoms with Gasteiger partial charge in [-0.15, -0.1) is 6.42 Å². The van der Waals surface area contributed by atoms with Crippen molar-refractivity contribution in [2.24, 2.45) is 0 Å². The minimum Gasteiger partial charge on any atom is -0.497 e. The first-order valence-corrected chi connectivity index (χ1v) is 10.3. The lowest BCUT2D eigenvalue weighted by Gasteiger charge is -2.14. The van der Waals surface area contributed by atoms with Crippen LogP contribution in [-0.2, 0) is 13.2 Å². The molecule has 0 atom stereocenters. The van der Waals surface area contributed by atoms with Crippen LogP contribution in [0.5, 0.6) is 17.5 Å². The molecule has 32 heavy (non-hydrogen) atoms. The van der Waals surface area contributed by atoms with Crippen LogP contribution in [-0.4, -0.2) is 12.1 Å². The Kier molecular flexibility index (Phi) is 6.69. The van der Waals surface area contributed by atoms with E-state index in [4.69, 9.17) is 20.6 Å². The number of rotatable bonds is 8. The van der Waals surface area contributed by atoms with Gasteiger partial charge in [-0.25, -0.2) is 0 Å². The zero-order valence-electron chi connectivity index (χ0n) is 17.8. The Balaban J connectivity index is 1.66. The molecule has 0 unspecified atom stereocenters. The van der Waals surface area contributed by atoms with Crippen LogP contribution in [0.15, 0.2) is 91.0 Å². The smallest absolute Gasteiger partial charge is 0.225 e. The van der Waals surface area contributed by atoms with Gasteiger partial charge < -0.3 is 14.2 Å². The fraction of sp³-hybridized carbons (Fsp3) is 0.107. The average Bonchev–Trinajstić information content (AvgIpc) is 2.87. The van der Waals surface area contributed by atoms with Gasteiger partial charge in [0.25, 0.3) is 0 Å². The summed E-state index contributed by atoms with van der Waals surface area (Å²) in [6.07, 6.45) is 5.64. The number of hydrogen-bond acceptors (Lipinski definition) is 4. The van der Waals surface area contributed by atoms with Crippen LogP contribution in [0.2, 0.25) is 0 Å². The molecule has 0 N–H and O–H groups in total. The molecule has 4 aromatic rings. The van der Waals surface area contributed by atoms with E-state index in [1.165, 1.54) is 0 Å². The van der Waals surface area contributed by atoms with Gasteiger partial charge in [0.2, 0.25) is 11.8 Å². The zero-order valence-corrected chi connectivity index (χ0v) is 17.8. The van der Waals surface area contributed by atoms with Crippen molar-refractivity contribution in [2.75, 3.05) is 7.11 Å². The number of terminal acetylenes is 1. The molecule has 0 radical (unpaired) electrons. The summed E-state index contributed by atoms with van der Waals surface area (Å²) in [5, 5.41) is 0. The summed E-state index contributed by atoms with van der Waals surface area (Å²) in [4.78, 5) is 4.65. The number of aromatic nitrogens is 1. The maximum absolute atomic E-state index is 6.13. The molecule has 0 saturated carbocycles. The van der Waals surface area contributed by atoms with Crippen molar-refractivity contribution in [3.63, 3.8) is 0 Å². The molecule has 0 bridgehead atoms. The summed E-state index contributed by atoms with van der Waals surface area (Å²) in [6.45, 7) is 0.806. The first-order valence-electron chi connectivity index (χ1n) is 10.3. The van der Waals surface area contributed by atoms with Gasteiger partial charge in [0.1, 0.15) is 19.0 Å². The minimum atomic E-state index is 0.384. The van der Waals surface area contributed by atoms with E-state index in [1.54, 1.807) is 7.11 Å². The third-order valence-corrected chi connectivity index (χ3v) is 4.90. The molecule has 0 fully saturated rings. The Bertz CT molecular complexity index is 1210. The second kappa shape index (κ2) is 10.2. The standard InChI is InChI=1S/C28H23NO3/c1-3-21-16-24(18-25(17-21)30-2)26-14-15-27(31-19-22-10-6-4-7-11-22)29-28(26)32-20-23-12-8-5-9-13-23/h1,4-18H,19-20H2,2H3. The Morgan fingerprint density at radius 3 is 2.06 bits per heavy atom. The van der Waals surface area contributed by atoms with E-state index in [9.17, 15) is 0 Å². The molecule has 1 aromatic heterocycles. The molecule has 0 aliphatic heterocycles. The molecular formula is C28H23NO3. The maximum atomic E-state index is 6.13. The van der Waals surface area contributed by atoms with Gasteiger partial charge in [-0.05, 0) is 41.0 Å². The van der Waals surface area contributed by atoms with Crippen LogP contribution in [0.25, 0.3) is 11.1 Å². The summed E-state index contributed by atoms with van der Waals surface area (Å²) in [5.41, 5.74) is 4.51. The molecule has 158 valence electrons. The molecule has 4 heteroatoms. The minimum absolute atomic E-state index is 0.384. The number of methoxy groups -OCH3 is 1. The van der Waals surface area contributed by atoms with Gasteiger partial charge in [-0.2, -0.15) is 4.98 Å². The van der Waals surface area contributed by atoms with E-state index in [2.05, 4.69) is 10.9 Å². The quantitative estimate of drug-likeness (QED) is 0.332. The van der Waals surface area contributed by atoms with Crippen molar-refractivity contribution in [2.45, 2.75) is 13.2 Å². The van der Waals surface area contributed by atoms with Crippen LogP contribution in [0.4, 0.5) is 0 Å². The van der Waals surface area contributed by atoms with E-state index in [0.29, 0.717) is 30.7 Å². The molecule has 4 nitrogen and oxygen atoms in total. The van der Waals surface area contributed by atoms with Gasteiger partial charge in [0, 0.05) is 17.2 Å². The molecule has 1 heterocycles. The number of ether oxygens (including phenoxy) is 3. The lowest BCUT2D eigenvalue weighted by Crippen LogP contribution is -2.02. The topological polar surface area (TPSA) is 40.6 Å². The van der Waals surface area contributed by atoms with Crippen LogP contribution in [0.3, 0.4) is 0 Å². The van der Waals surface area contributed by atoms with E-state index < -0.39 is 0 Å². The Morgan fingerprint density at radius 2 is 1.44 bits per heavy atom. The van der Waals surface area contributed by atoms with Gasteiger partial charge in [0.15, 0.2) is 0 Å². The lowest BCUT2D eigenvalue weighted by molar-refractivity contribution is 0.268. The van der Waals surface area contributed by atoms with Crippen molar-refractivity contribution in [1.82, 2.24) is 4.98 Å². The predicted octanol–water partition coefficient (Wildman–Crippen LogP) is 5.90. The predicted molar refractivity (Wildman–Crippen MR) is 126 cm³/mol. The molecule has 0 amide bonds. The summed E-state index contributed by atoms with van der Waals surface area (Å²) >= 11 is 0. The highest BCUT2D eigenvalue weighted by Gasteiger charge is 2.13. The summed E-state index contributed by atoms with van der Waals surface area (Å²) in [6, 6.07) is 29.3. The molecule has 0 aliphatic carbocycles. The van der Waals surface area contributed by atoms with E-state index in [-0.39, 0.29) is 0 Å². The van der Waals surface area contributed by atoms with E-state index >= 15 is 0 Å². The molecule has 0 saturated heterocycles. The third-order valence-electron chi connectivity index (χ3n) is 4.90. The van der Waals surface area contributed by atoms with Crippen LogP contribution in [0, 0.1) is 12.3 Å². The Labute approximate surface area is 188 Å². The average molecular weight is 421 g/mol. The van der Waals surface area contributed by atoms with Gasteiger partial charge in [-0.3, -0.25) is 0 Å². The Hall–Kier alpha value is -4.23. The number of benzene rings is 3. The highest BCUT2D eigenvalue weighted by Crippen LogP contribution is 2.34. The monoisotopic (exact) mass is 421 g/mol. The molecule has 3 aromatic carbocycles. The molecule has 4 rings (SSSR count). The molecular weight excluding hydrogens is 398 g/mol. The zero-order chi connectivity index (χ0) is 22.2. The number of hydrogen-bond donors (Lipinski definition) is 0. The first-order chi connectivity index (χ1) is 15.7. The summed E-state index contributed by atoms with van der Waals surface area (Å²) in [5.74, 6) is 4.30. The van der Waals surface area contributed by atoms with E-state index in [1.807, 2.05) is 91.0 Å². The lowest BCUT2D eigenvalue weighted by atomic mass is 10.0. The third kappa shape index (κ3) is 5.27. The fourth-order valence-corrected chi connectivity index (χ4v) is 3.25. The summed E-state index contributed by atoms with van der Waals surface area (Å²) in [7, 11) is 1.62. The SMILES string of the molecule is C#Cc1cc(OC)cc(-c2ccc(OCc3ccccc3)nc2OCc2ccccc2)c1. The fourth-order valence-electron chi connectivity index (χ4n) is 3.25. The summed E-state index contributed by atoms with van der Waals surface area (Å²) < 4.78 is 17.5. The highest BCUT2D eigenvalue weighted by atomic mass is 16.5. The van der Waals surface area contributed by atoms with Crippen LogP contribution < -0.4 is 14.2 Å². The second-order valence-corrected chi connectivity index (χ2v) is 7.15. The van der Waals surface area contributed by atoms with Crippen molar-refractivity contribution in [1.29, 1.82) is 0 Å². The highest BCUT2D eigenvalue weighted by molar-refractivity contribution is 5.72.